The van der Waals surface area contributed by atoms with E-state index in [1.807, 2.05) is 13.0 Å². The lowest BCUT2D eigenvalue weighted by Gasteiger charge is -2.22. The van der Waals surface area contributed by atoms with Gasteiger partial charge in [-0.2, -0.15) is 5.10 Å². The second kappa shape index (κ2) is 8.07. The number of amides is 2. The lowest BCUT2D eigenvalue weighted by Crippen LogP contribution is -2.36. The number of hydrogen-bond acceptors (Lipinski definition) is 6. The second-order valence-corrected chi connectivity index (χ2v) is 9.20. The van der Waals surface area contributed by atoms with Gasteiger partial charge in [0.2, 0.25) is 5.91 Å². The highest BCUT2D eigenvalue weighted by atomic mass is 32.1. The second-order valence-electron chi connectivity index (χ2n) is 8.17. The molecule has 1 aliphatic heterocycles. The molecule has 1 aromatic carbocycles. The number of benzene rings is 1. The summed E-state index contributed by atoms with van der Waals surface area (Å²) in [7, 11) is 0. The summed E-state index contributed by atoms with van der Waals surface area (Å²) in [4.78, 5) is 27.8. The quantitative estimate of drug-likeness (QED) is 0.579. The molecule has 31 heavy (non-hydrogen) atoms. The number of nitrogens with zero attached hydrogens (tertiary/aromatic N) is 3. The number of fused-ring (bicyclic) bond motifs is 1. The van der Waals surface area contributed by atoms with Crippen LogP contribution in [0.1, 0.15) is 53.5 Å². The Labute approximate surface area is 183 Å². The van der Waals surface area contributed by atoms with Crippen molar-refractivity contribution in [2.45, 2.75) is 51.4 Å². The van der Waals surface area contributed by atoms with Crippen molar-refractivity contribution in [3.05, 3.63) is 40.9 Å². The van der Waals surface area contributed by atoms with E-state index in [0.717, 1.165) is 28.8 Å². The van der Waals surface area contributed by atoms with Crippen LogP contribution in [0.4, 0.5) is 11.4 Å². The summed E-state index contributed by atoms with van der Waals surface area (Å²) in [6, 6.07) is 9.22. The van der Waals surface area contributed by atoms with E-state index in [-0.39, 0.29) is 18.4 Å². The third-order valence-corrected chi connectivity index (χ3v) is 7.19. The predicted octanol–water partition coefficient (Wildman–Crippen LogP) is 3.38. The van der Waals surface area contributed by atoms with E-state index in [4.69, 9.17) is 5.10 Å². The van der Waals surface area contributed by atoms with Crippen LogP contribution in [0.25, 0.3) is 10.2 Å². The van der Waals surface area contributed by atoms with Gasteiger partial charge < -0.3 is 10.4 Å². The van der Waals surface area contributed by atoms with Crippen molar-refractivity contribution in [3.63, 3.8) is 0 Å². The fraction of sp³-hybridized carbons (Fsp3) is 0.409. The van der Waals surface area contributed by atoms with Gasteiger partial charge in [0.05, 0.1) is 23.2 Å². The summed E-state index contributed by atoms with van der Waals surface area (Å²) in [5, 5.41) is 21.3. The third-order valence-electron chi connectivity index (χ3n) is 6.06. The molecule has 8 nitrogen and oxygen atoms in total. The number of carbonyl (C=O) groups excluding carboxylic acids is 2. The number of hydrogen-bond donors (Lipinski definition) is 3. The predicted molar refractivity (Wildman–Crippen MR) is 120 cm³/mol. The summed E-state index contributed by atoms with van der Waals surface area (Å²) >= 11 is 1.48. The van der Waals surface area contributed by atoms with Crippen molar-refractivity contribution in [1.29, 1.82) is 0 Å². The van der Waals surface area contributed by atoms with Gasteiger partial charge in [-0.3, -0.25) is 24.5 Å². The Morgan fingerprint density at radius 1 is 1.23 bits per heavy atom. The van der Waals surface area contributed by atoms with Crippen molar-refractivity contribution in [3.8, 4) is 0 Å². The topological polar surface area (TPSA) is 99.5 Å². The Hall–Kier alpha value is -2.75. The Bertz CT molecular complexity index is 1130. The molecule has 1 aliphatic carbocycles. The number of rotatable bonds is 4. The van der Waals surface area contributed by atoms with Crippen LogP contribution in [0, 0.1) is 6.92 Å². The van der Waals surface area contributed by atoms with Crippen LogP contribution >= 0.6 is 11.3 Å². The normalized spacial score (nSPS) is 20.0. The van der Waals surface area contributed by atoms with Gasteiger partial charge in [0.15, 0.2) is 6.35 Å². The molecule has 1 unspecified atom stereocenters. The number of aliphatic hydroxyl groups excluding tert-OH is 1. The van der Waals surface area contributed by atoms with E-state index in [9.17, 15) is 14.7 Å². The van der Waals surface area contributed by atoms with Crippen molar-refractivity contribution in [1.82, 2.24) is 15.1 Å². The number of carbonyl (C=O) groups is 2. The van der Waals surface area contributed by atoms with E-state index in [1.165, 1.54) is 35.5 Å². The third kappa shape index (κ3) is 3.73. The molecule has 1 saturated heterocycles. The standard InChI is InChI=1S/C22H25N5O3S/c1-13-17-11-18(31-21(17)27(25-13)16-5-3-2-4-6-16)20(29)24-14-7-9-15(10-8-14)26-19(28)12-23-22(26)30/h7-11,16,22-23,30H,2-6,12H2,1H3,(H,24,29). The molecule has 9 heteroatoms. The summed E-state index contributed by atoms with van der Waals surface area (Å²) in [6.45, 7) is 2.10. The van der Waals surface area contributed by atoms with Gasteiger partial charge in [-0.15, -0.1) is 11.3 Å². The molecular formula is C22H25N5O3S. The zero-order chi connectivity index (χ0) is 21.5. The van der Waals surface area contributed by atoms with E-state index in [1.54, 1.807) is 24.3 Å². The highest BCUT2D eigenvalue weighted by Crippen LogP contribution is 2.35. The van der Waals surface area contributed by atoms with Gasteiger partial charge in [0.1, 0.15) is 4.83 Å². The summed E-state index contributed by atoms with van der Waals surface area (Å²) in [5.74, 6) is -0.362. The first-order valence-electron chi connectivity index (χ1n) is 10.6. The number of thiophene rings is 1. The minimum Gasteiger partial charge on any atom is -0.360 e. The molecule has 2 aromatic heterocycles. The first-order chi connectivity index (χ1) is 15.0. The number of aryl methyl sites for hydroxylation is 1. The number of anilines is 2. The lowest BCUT2D eigenvalue weighted by atomic mass is 9.96. The number of aromatic nitrogens is 2. The van der Waals surface area contributed by atoms with Gasteiger partial charge in [-0.05, 0) is 50.1 Å². The average Bonchev–Trinajstić information content (AvgIpc) is 3.45. The van der Waals surface area contributed by atoms with Crippen LogP contribution in [0.3, 0.4) is 0 Å². The van der Waals surface area contributed by atoms with Gasteiger partial charge in [0.25, 0.3) is 5.91 Å². The maximum Gasteiger partial charge on any atom is 0.265 e. The molecule has 3 aromatic rings. The molecule has 0 spiro atoms. The minimum atomic E-state index is -1.03. The van der Waals surface area contributed by atoms with Crippen LogP contribution in [-0.2, 0) is 4.79 Å². The van der Waals surface area contributed by atoms with Gasteiger partial charge >= 0.3 is 0 Å². The Morgan fingerprint density at radius 2 is 1.97 bits per heavy atom. The van der Waals surface area contributed by atoms with Crippen molar-refractivity contribution < 1.29 is 14.7 Å². The molecular weight excluding hydrogens is 414 g/mol. The molecule has 1 atom stereocenters. The van der Waals surface area contributed by atoms with Crippen LogP contribution < -0.4 is 15.5 Å². The molecule has 0 bridgehead atoms. The summed E-state index contributed by atoms with van der Waals surface area (Å²) < 4.78 is 2.13. The van der Waals surface area contributed by atoms with Crippen LogP contribution in [0.5, 0.6) is 0 Å². The van der Waals surface area contributed by atoms with Crippen LogP contribution in [-0.4, -0.2) is 39.6 Å². The largest absolute Gasteiger partial charge is 0.360 e. The van der Waals surface area contributed by atoms with Crippen LogP contribution in [0.15, 0.2) is 30.3 Å². The molecule has 3 N–H and O–H groups in total. The maximum absolute atomic E-state index is 12.9. The molecule has 2 amide bonds. The Kier molecular flexibility index (Phi) is 5.25. The molecule has 2 fully saturated rings. The monoisotopic (exact) mass is 439 g/mol. The highest BCUT2D eigenvalue weighted by Gasteiger charge is 2.30. The van der Waals surface area contributed by atoms with Gasteiger partial charge in [0, 0.05) is 16.8 Å². The maximum atomic E-state index is 12.9. The molecule has 2 aliphatic rings. The average molecular weight is 440 g/mol. The first kappa shape index (κ1) is 20.2. The lowest BCUT2D eigenvalue weighted by molar-refractivity contribution is -0.116. The van der Waals surface area contributed by atoms with E-state index >= 15 is 0 Å². The minimum absolute atomic E-state index is 0.100. The zero-order valence-corrected chi connectivity index (χ0v) is 18.1. The fourth-order valence-electron chi connectivity index (χ4n) is 4.43. The van der Waals surface area contributed by atoms with Crippen molar-refractivity contribution in [2.24, 2.45) is 0 Å². The molecule has 0 radical (unpaired) electrons. The van der Waals surface area contributed by atoms with Crippen molar-refractivity contribution >= 4 is 44.7 Å². The fourth-order valence-corrected chi connectivity index (χ4v) is 5.56. The first-order valence-corrected chi connectivity index (χ1v) is 11.5. The molecule has 5 rings (SSSR count). The van der Waals surface area contributed by atoms with Crippen molar-refractivity contribution in [2.75, 3.05) is 16.8 Å². The molecule has 3 heterocycles. The van der Waals surface area contributed by atoms with Crippen LogP contribution in [0.2, 0.25) is 0 Å². The number of aliphatic hydroxyl groups is 1. The number of nitrogens with one attached hydrogen (secondary N) is 2. The van der Waals surface area contributed by atoms with Gasteiger partial charge in [-0.25, -0.2) is 0 Å². The zero-order valence-electron chi connectivity index (χ0n) is 17.3. The van der Waals surface area contributed by atoms with Gasteiger partial charge in [-0.1, -0.05) is 19.3 Å². The Balaban J connectivity index is 1.34. The van der Waals surface area contributed by atoms with E-state index < -0.39 is 6.35 Å². The highest BCUT2D eigenvalue weighted by molar-refractivity contribution is 7.20. The van der Waals surface area contributed by atoms with E-state index in [0.29, 0.717) is 22.3 Å². The summed E-state index contributed by atoms with van der Waals surface area (Å²) in [6.07, 6.45) is 5.01. The smallest absolute Gasteiger partial charge is 0.265 e. The molecule has 1 saturated carbocycles. The SMILES string of the molecule is Cc1nn(C2CCCCC2)c2sc(C(=O)Nc3ccc(N4C(=O)CNC4O)cc3)cc12. The Morgan fingerprint density at radius 3 is 2.65 bits per heavy atom. The van der Waals surface area contributed by atoms with E-state index in [2.05, 4.69) is 15.3 Å². The molecule has 162 valence electrons. The summed E-state index contributed by atoms with van der Waals surface area (Å²) in [5.41, 5.74) is 2.17.